The van der Waals surface area contributed by atoms with Gasteiger partial charge < -0.3 is 23.8 Å². The quantitative estimate of drug-likeness (QED) is 0.524. The highest BCUT2D eigenvalue weighted by Gasteiger charge is 1.93. The van der Waals surface area contributed by atoms with E-state index in [-0.39, 0.29) is 9.03 Å². The molecule has 0 amide bonds. The summed E-state index contributed by atoms with van der Waals surface area (Å²) in [4.78, 5) is 0. The minimum absolute atomic E-state index is 0.0129. The number of hydrogen-bond acceptors (Lipinski definition) is 5. The summed E-state index contributed by atoms with van der Waals surface area (Å²) in [6, 6.07) is 19.3. The number of benzene rings is 2. The second-order valence-electron chi connectivity index (χ2n) is 4.65. The third-order valence-corrected chi connectivity index (χ3v) is 3.41. The average molecular weight is 351 g/mol. The zero-order valence-corrected chi connectivity index (χ0v) is 15.2. The van der Waals surface area contributed by atoms with Crippen LogP contribution in [0, 0.1) is 0 Å². The van der Waals surface area contributed by atoms with E-state index in [0.717, 1.165) is 37.8 Å². The van der Waals surface area contributed by atoms with E-state index in [1.165, 1.54) is 0 Å². The van der Waals surface area contributed by atoms with Gasteiger partial charge in [-0.05, 0) is 24.3 Å². The van der Waals surface area contributed by atoms with Crippen molar-refractivity contribution in [2.24, 2.45) is 0 Å². The van der Waals surface area contributed by atoms with Crippen molar-refractivity contribution in [1.29, 1.82) is 0 Å². The van der Waals surface area contributed by atoms with E-state index in [1.54, 1.807) is 14.2 Å². The van der Waals surface area contributed by atoms with E-state index in [2.05, 4.69) is 5.32 Å². The summed E-state index contributed by atoms with van der Waals surface area (Å²) < 4.78 is 20.5. The Bertz CT molecular complexity index is 453. The summed E-state index contributed by atoms with van der Waals surface area (Å²) in [7, 11) is 3.37. The summed E-state index contributed by atoms with van der Waals surface area (Å²) >= 11 is 0. The fourth-order valence-electron chi connectivity index (χ4n) is 1.57. The fraction of sp³-hybridized carbons (Fsp3) is 0.333. The van der Waals surface area contributed by atoms with Crippen LogP contribution in [-0.2, 0) is 9.47 Å². The number of methoxy groups -OCH3 is 2. The Hall–Kier alpha value is -1.65. The second kappa shape index (κ2) is 14.9. The lowest BCUT2D eigenvalue weighted by Gasteiger charge is -2.06. The standard InChI is InChI=1S/C12H11O2P.C6H15NO2/c1-3-7-11(8-4-1)13-15-14-12-9-5-2-6-10-12;1-8-5-3-7-4-6-9-2/h1-10,15H;7H,3-6H2,1-2H3. The van der Waals surface area contributed by atoms with Gasteiger partial charge in [-0.1, -0.05) is 36.4 Å². The van der Waals surface area contributed by atoms with Crippen molar-refractivity contribution in [2.45, 2.75) is 0 Å². The Morgan fingerprint density at radius 1 is 0.708 bits per heavy atom. The maximum atomic E-state index is 5.42. The van der Waals surface area contributed by atoms with Gasteiger partial charge in [-0.25, -0.2) is 0 Å². The van der Waals surface area contributed by atoms with Crippen molar-refractivity contribution in [1.82, 2.24) is 5.32 Å². The number of rotatable bonds is 10. The van der Waals surface area contributed by atoms with Crippen molar-refractivity contribution < 1.29 is 18.5 Å². The van der Waals surface area contributed by atoms with Gasteiger partial charge in [0.2, 0.25) is 0 Å². The van der Waals surface area contributed by atoms with E-state index in [9.17, 15) is 0 Å². The normalized spacial score (nSPS) is 9.75. The lowest BCUT2D eigenvalue weighted by Crippen LogP contribution is -2.23. The molecule has 24 heavy (non-hydrogen) atoms. The van der Waals surface area contributed by atoms with E-state index in [0.29, 0.717) is 0 Å². The van der Waals surface area contributed by atoms with Crippen LogP contribution in [0.2, 0.25) is 0 Å². The van der Waals surface area contributed by atoms with Crippen molar-refractivity contribution in [3.05, 3.63) is 60.7 Å². The number of nitrogens with one attached hydrogen (secondary N) is 1. The summed E-state index contributed by atoms with van der Waals surface area (Å²) in [6.45, 7) is 3.34. The Labute approximate surface area is 146 Å². The first-order chi connectivity index (χ1) is 11.9. The predicted octanol–water partition coefficient (Wildman–Crippen LogP) is 3.52. The third-order valence-electron chi connectivity index (χ3n) is 2.77. The van der Waals surface area contributed by atoms with Crippen molar-refractivity contribution >= 4 is 9.03 Å². The van der Waals surface area contributed by atoms with Gasteiger partial charge in [0, 0.05) is 27.3 Å². The summed E-state index contributed by atoms with van der Waals surface area (Å²) in [5.41, 5.74) is 0. The molecule has 0 saturated heterocycles. The van der Waals surface area contributed by atoms with Crippen LogP contribution in [0.15, 0.2) is 60.7 Å². The molecule has 0 aliphatic rings. The molecule has 0 aromatic heterocycles. The van der Waals surface area contributed by atoms with E-state index in [1.807, 2.05) is 60.7 Å². The molecule has 0 aliphatic heterocycles. The minimum Gasteiger partial charge on any atom is -0.441 e. The lowest BCUT2D eigenvalue weighted by molar-refractivity contribution is 0.180. The Morgan fingerprint density at radius 3 is 1.50 bits per heavy atom. The first-order valence-corrected chi connectivity index (χ1v) is 8.56. The molecule has 0 fully saturated rings. The zero-order valence-electron chi connectivity index (χ0n) is 14.2. The number of ether oxygens (including phenoxy) is 2. The fourth-order valence-corrected chi connectivity index (χ4v) is 2.07. The van der Waals surface area contributed by atoms with Gasteiger partial charge in [0.15, 0.2) is 0 Å². The maximum Gasteiger partial charge on any atom is 0.275 e. The van der Waals surface area contributed by atoms with Crippen LogP contribution in [0.5, 0.6) is 11.5 Å². The molecule has 2 aromatic carbocycles. The Kier molecular flexibility index (Phi) is 12.7. The molecule has 132 valence electrons. The van der Waals surface area contributed by atoms with Crippen LogP contribution in [0.4, 0.5) is 0 Å². The average Bonchev–Trinajstić information content (AvgIpc) is 2.64. The SMILES string of the molecule is COCCNCCOC.c1ccc(OPOc2ccccc2)cc1. The van der Waals surface area contributed by atoms with Gasteiger partial charge in [0.1, 0.15) is 11.5 Å². The first kappa shape index (κ1) is 20.4. The molecule has 1 N–H and O–H groups in total. The van der Waals surface area contributed by atoms with Gasteiger partial charge in [-0.3, -0.25) is 0 Å². The van der Waals surface area contributed by atoms with Gasteiger partial charge in [0.05, 0.1) is 13.2 Å². The second-order valence-corrected chi connectivity index (χ2v) is 5.22. The predicted molar refractivity (Wildman–Crippen MR) is 99.1 cm³/mol. The Balaban J connectivity index is 0.000000277. The van der Waals surface area contributed by atoms with E-state index in [4.69, 9.17) is 18.5 Å². The molecular formula is C18H26NO4P. The highest BCUT2D eigenvalue weighted by Crippen LogP contribution is 2.23. The Morgan fingerprint density at radius 2 is 1.12 bits per heavy atom. The number of hydrogen-bond donors (Lipinski definition) is 1. The molecule has 0 spiro atoms. The number of para-hydroxylation sites is 2. The van der Waals surface area contributed by atoms with Gasteiger partial charge >= 0.3 is 0 Å². The van der Waals surface area contributed by atoms with Gasteiger partial charge in [-0.2, -0.15) is 0 Å². The molecule has 0 radical (unpaired) electrons. The molecule has 0 saturated carbocycles. The van der Waals surface area contributed by atoms with Crippen LogP contribution in [0.3, 0.4) is 0 Å². The molecule has 0 atom stereocenters. The van der Waals surface area contributed by atoms with Crippen molar-refractivity contribution in [2.75, 3.05) is 40.5 Å². The lowest BCUT2D eigenvalue weighted by atomic mass is 10.3. The summed E-state index contributed by atoms with van der Waals surface area (Å²) in [5.74, 6) is 1.65. The first-order valence-electron chi connectivity index (χ1n) is 7.74. The molecule has 6 heteroatoms. The van der Waals surface area contributed by atoms with Crippen LogP contribution < -0.4 is 14.4 Å². The smallest absolute Gasteiger partial charge is 0.275 e. The van der Waals surface area contributed by atoms with Crippen molar-refractivity contribution in [3.63, 3.8) is 0 Å². The van der Waals surface area contributed by atoms with E-state index >= 15 is 0 Å². The highest BCUT2D eigenvalue weighted by molar-refractivity contribution is 7.27. The van der Waals surface area contributed by atoms with Crippen LogP contribution >= 0.6 is 9.03 Å². The monoisotopic (exact) mass is 351 g/mol. The molecule has 0 bridgehead atoms. The molecule has 2 aromatic rings. The molecule has 0 aliphatic carbocycles. The summed E-state index contributed by atoms with van der Waals surface area (Å²) in [6.07, 6.45) is 0. The molecular weight excluding hydrogens is 325 g/mol. The molecule has 0 unspecified atom stereocenters. The minimum atomic E-state index is -0.0129. The van der Waals surface area contributed by atoms with Crippen molar-refractivity contribution in [3.8, 4) is 11.5 Å². The molecule has 5 nitrogen and oxygen atoms in total. The third kappa shape index (κ3) is 11.0. The van der Waals surface area contributed by atoms with Crippen LogP contribution in [0.1, 0.15) is 0 Å². The maximum absolute atomic E-state index is 5.42. The van der Waals surface area contributed by atoms with Gasteiger partial charge in [0.25, 0.3) is 9.03 Å². The largest absolute Gasteiger partial charge is 0.441 e. The topological polar surface area (TPSA) is 49.0 Å². The zero-order chi connectivity index (χ0) is 17.3. The molecule has 2 rings (SSSR count). The van der Waals surface area contributed by atoms with Crippen LogP contribution in [0.25, 0.3) is 0 Å². The highest BCUT2D eigenvalue weighted by atomic mass is 31.1. The summed E-state index contributed by atoms with van der Waals surface area (Å²) in [5, 5.41) is 3.14. The molecule has 0 heterocycles. The van der Waals surface area contributed by atoms with Gasteiger partial charge in [-0.15, -0.1) is 0 Å². The van der Waals surface area contributed by atoms with E-state index < -0.39 is 0 Å². The van der Waals surface area contributed by atoms with Crippen LogP contribution in [-0.4, -0.2) is 40.5 Å².